The molecular formula is C16H29N3O. The second-order valence-electron chi connectivity index (χ2n) is 6.09. The van der Waals surface area contributed by atoms with Crippen molar-refractivity contribution in [2.75, 3.05) is 26.8 Å². The molecule has 0 aliphatic heterocycles. The van der Waals surface area contributed by atoms with E-state index in [0.717, 1.165) is 26.1 Å². The van der Waals surface area contributed by atoms with E-state index >= 15 is 0 Å². The lowest BCUT2D eigenvalue weighted by atomic mass is 9.96. The highest BCUT2D eigenvalue weighted by atomic mass is 16.5. The Morgan fingerprint density at radius 2 is 2.20 bits per heavy atom. The normalized spacial score (nSPS) is 18.3. The Balaban J connectivity index is 1.74. The summed E-state index contributed by atoms with van der Waals surface area (Å²) < 4.78 is 7.24. The van der Waals surface area contributed by atoms with Crippen molar-refractivity contribution in [3.63, 3.8) is 0 Å². The molecule has 1 aliphatic carbocycles. The van der Waals surface area contributed by atoms with Crippen LogP contribution in [-0.4, -0.2) is 36.6 Å². The van der Waals surface area contributed by atoms with E-state index in [1.165, 1.54) is 37.8 Å². The molecule has 0 saturated heterocycles. The summed E-state index contributed by atoms with van der Waals surface area (Å²) in [5.41, 5.74) is 1.23. The van der Waals surface area contributed by atoms with E-state index in [2.05, 4.69) is 29.2 Å². The van der Waals surface area contributed by atoms with Gasteiger partial charge in [-0.25, -0.2) is 0 Å². The SMILES string of the molecule is COCCNCC(C)Cc1ccn(C2CCCCC2)n1. The van der Waals surface area contributed by atoms with Crippen LogP contribution in [0, 0.1) is 5.92 Å². The minimum atomic E-state index is 0.613. The van der Waals surface area contributed by atoms with Crippen LogP contribution in [0.3, 0.4) is 0 Å². The first-order valence-corrected chi connectivity index (χ1v) is 8.03. The van der Waals surface area contributed by atoms with Gasteiger partial charge in [0.15, 0.2) is 0 Å². The molecule has 1 unspecified atom stereocenters. The van der Waals surface area contributed by atoms with E-state index in [9.17, 15) is 0 Å². The summed E-state index contributed by atoms with van der Waals surface area (Å²) in [6.07, 6.45) is 9.95. The third-order valence-electron chi connectivity index (χ3n) is 4.15. The molecule has 114 valence electrons. The molecule has 1 saturated carbocycles. The van der Waals surface area contributed by atoms with Crippen molar-refractivity contribution in [2.45, 2.75) is 51.5 Å². The van der Waals surface area contributed by atoms with Gasteiger partial charge in [-0.3, -0.25) is 4.68 Å². The second-order valence-corrected chi connectivity index (χ2v) is 6.09. The fourth-order valence-corrected chi connectivity index (χ4v) is 2.99. The molecule has 20 heavy (non-hydrogen) atoms. The largest absolute Gasteiger partial charge is 0.383 e. The Morgan fingerprint density at radius 1 is 1.40 bits per heavy atom. The van der Waals surface area contributed by atoms with Gasteiger partial charge in [0.05, 0.1) is 18.3 Å². The first-order chi connectivity index (χ1) is 9.79. The van der Waals surface area contributed by atoms with E-state index in [1.807, 2.05) is 0 Å². The summed E-state index contributed by atoms with van der Waals surface area (Å²) in [5.74, 6) is 0.613. The van der Waals surface area contributed by atoms with Gasteiger partial charge in [-0.15, -0.1) is 0 Å². The number of methoxy groups -OCH3 is 1. The maximum absolute atomic E-state index is 5.03. The van der Waals surface area contributed by atoms with Crippen LogP contribution in [0.1, 0.15) is 50.8 Å². The highest BCUT2D eigenvalue weighted by Crippen LogP contribution is 2.27. The second kappa shape index (κ2) is 8.42. The Hall–Kier alpha value is -0.870. The van der Waals surface area contributed by atoms with Crippen LogP contribution in [0.15, 0.2) is 12.3 Å². The zero-order valence-electron chi connectivity index (χ0n) is 13.0. The van der Waals surface area contributed by atoms with Crippen LogP contribution in [0.25, 0.3) is 0 Å². The van der Waals surface area contributed by atoms with Crippen molar-refractivity contribution in [3.8, 4) is 0 Å². The van der Waals surface area contributed by atoms with Crippen LogP contribution in [-0.2, 0) is 11.2 Å². The maximum atomic E-state index is 5.03. The Kier molecular flexibility index (Phi) is 6.54. The Bertz CT molecular complexity index is 372. The lowest BCUT2D eigenvalue weighted by molar-refractivity contribution is 0.198. The molecule has 4 heteroatoms. The van der Waals surface area contributed by atoms with Crippen molar-refractivity contribution in [2.24, 2.45) is 5.92 Å². The molecule has 0 spiro atoms. The average molecular weight is 279 g/mol. The van der Waals surface area contributed by atoms with Gasteiger partial charge in [0.1, 0.15) is 0 Å². The predicted molar refractivity (Wildman–Crippen MR) is 82.0 cm³/mol. The molecule has 1 aromatic rings. The lowest BCUT2D eigenvalue weighted by Crippen LogP contribution is -2.26. The molecule has 1 fully saturated rings. The molecule has 1 aliphatic rings. The smallest absolute Gasteiger partial charge is 0.0627 e. The molecule has 0 amide bonds. The van der Waals surface area contributed by atoms with Crippen molar-refractivity contribution in [1.82, 2.24) is 15.1 Å². The summed E-state index contributed by atoms with van der Waals surface area (Å²) in [6.45, 7) is 5.01. The molecule has 1 atom stereocenters. The minimum absolute atomic E-state index is 0.613. The van der Waals surface area contributed by atoms with Crippen LogP contribution in [0.2, 0.25) is 0 Å². The van der Waals surface area contributed by atoms with E-state index < -0.39 is 0 Å². The van der Waals surface area contributed by atoms with Gasteiger partial charge < -0.3 is 10.1 Å². The zero-order valence-corrected chi connectivity index (χ0v) is 13.0. The molecule has 0 aromatic carbocycles. The van der Waals surface area contributed by atoms with Gasteiger partial charge in [0.25, 0.3) is 0 Å². The molecule has 1 heterocycles. The predicted octanol–water partition coefficient (Wildman–Crippen LogP) is 2.80. The van der Waals surface area contributed by atoms with E-state index in [4.69, 9.17) is 9.84 Å². The molecule has 1 N–H and O–H groups in total. The number of hydrogen-bond donors (Lipinski definition) is 1. The minimum Gasteiger partial charge on any atom is -0.383 e. The lowest BCUT2D eigenvalue weighted by Gasteiger charge is -2.21. The van der Waals surface area contributed by atoms with Crippen molar-refractivity contribution in [1.29, 1.82) is 0 Å². The van der Waals surface area contributed by atoms with Crippen molar-refractivity contribution < 1.29 is 4.74 Å². The van der Waals surface area contributed by atoms with Crippen LogP contribution in [0.4, 0.5) is 0 Å². The molecule has 0 radical (unpaired) electrons. The third kappa shape index (κ3) is 4.91. The molecule has 0 bridgehead atoms. The molecular weight excluding hydrogens is 250 g/mol. The first kappa shape index (κ1) is 15.5. The quantitative estimate of drug-likeness (QED) is 0.744. The molecule has 1 aromatic heterocycles. The van der Waals surface area contributed by atoms with E-state index in [0.29, 0.717) is 12.0 Å². The van der Waals surface area contributed by atoms with Gasteiger partial charge in [-0.05, 0) is 37.8 Å². The Morgan fingerprint density at radius 3 is 2.95 bits per heavy atom. The topological polar surface area (TPSA) is 39.1 Å². The third-order valence-corrected chi connectivity index (χ3v) is 4.15. The number of hydrogen-bond acceptors (Lipinski definition) is 3. The van der Waals surface area contributed by atoms with Gasteiger partial charge in [-0.2, -0.15) is 5.10 Å². The zero-order chi connectivity index (χ0) is 14.2. The van der Waals surface area contributed by atoms with Crippen molar-refractivity contribution >= 4 is 0 Å². The number of nitrogens with zero attached hydrogens (tertiary/aromatic N) is 2. The standard InChI is InChI=1S/C16H29N3O/c1-14(13-17-9-11-20-2)12-15-8-10-19(18-15)16-6-4-3-5-7-16/h8,10,14,16-17H,3-7,9,11-13H2,1-2H3. The number of aromatic nitrogens is 2. The fourth-order valence-electron chi connectivity index (χ4n) is 2.99. The first-order valence-electron chi connectivity index (χ1n) is 8.03. The van der Waals surface area contributed by atoms with Gasteiger partial charge >= 0.3 is 0 Å². The van der Waals surface area contributed by atoms with Crippen molar-refractivity contribution in [3.05, 3.63) is 18.0 Å². The number of rotatable bonds is 8. The highest BCUT2D eigenvalue weighted by molar-refractivity contribution is 5.01. The summed E-state index contributed by atoms with van der Waals surface area (Å²) in [4.78, 5) is 0. The van der Waals surface area contributed by atoms with Crippen LogP contribution in [0.5, 0.6) is 0 Å². The summed E-state index contributed by atoms with van der Waals surface area (Å²) in [7, 11) is 1.74. The monoisotopic (exact) mass is 279 g/mol. The van der Waals surface area contributed by atoms with E-state index in [-0.39, 0.29) is 0 Å². The van der Waals surface area contributed by atoms with Gasteiger partial charge in [0, 0.05) is 19.9 Å². The highest BCUT2D eigenvalue weighted by Gasteiger charge is 2.16. The van der Waals surface area contributed by atoms with Crippen LogP contribution >= 0.6 is 0 Å². The maximum Gasteiger partial charge on any atom is 0.0627 e. The average Bonchev–Trinajstić information content (AvgIpc) is 2.93. The Labute approximate surface area is 122 Å². The van der Waals surface area contributed by atoms with E-state index in [1.54, 1.807) is 7.11 Å². The summed E-state index contributed by atoms with van der Waals surface area (Å²) in [5, 5.41) is 8.20. The van der Waals surface area contributed by atoms with Gasteiger partial charge in [-0.1, -0.05) is 26.2 Å². The number of nitrogens with one attached hydrogen (secondary N) is 1. The van der Waals surface area contributed by atoms with Crippen LogP contribution < -0.4 is 5.32 Å². The summed E-state index contributed by atoms with van der Waals surface area (Å²) >= 11 is 0. The van der Waals surface area contributed by atoms with Gasteiger partial charge in [0.2, 0.25) is 0 Å². The fraction of sp³-hybridized carbons (Fsp3) is 0.812. The summed E-state index contributed by atoms with van der Waals surface area (Å²) in [6, 6.07) is 2.84. The molecule has 2 rings (SSSR count). The molecule has 4 nitrogen and oxygen atoms in total. The number of ether oxygens (including phenoxy) is 1.